The summed E-state index contributed by atoms with van der Waals surface area (Å²) in [4.78, 5) is 11.8. The van der Waals surface area contributed by atoms with Gasteiger partial charge in [0.2, 0.25) is 0 Å². The van der Waals surface area contributed by atoms with Crippen LogP contribution in [0.3, 0.4) is 0 Å². The van der Waals surface area contributed by atoms with Gasteiger partial charge in [0.1, 0.15) is 5.60 Å². The van der Waals surface area contributed by atoms with Gasteiger partial charge in [-0.05, 0) is 38.8 Å². The van der Waals surface area contributed by atoms with Gasteiger partial charge in [0, 0.05) is 11.6 Å². The average Bonchev–Trinajstić information content (AvgIpc) is 2.26. The molecule has 0 heterocycles. The predicted octanol–water partition coefficient (Wildman–Crippen LogP) is 3.29. The van der Waals surface area contributed by atoms with E-state index in [9.17, 15) is 4.79 Å². The second-order valence-electron chi connectivity index (χ2n) is 5.23. The topological polar surface area (TPSA) is 58.6 Å². The van der Waals surface area contributed by atoms with Crippen LogP contribution < -0.4 is 5.32 Å². The Bertz CT molecular complexity index is 429. The number of hydrogen-bond acceptors (Lipinski definition) is 3. The summed E-state index contributed by atoms with van der Waals surface area (Å²) in [6, 6.07) is 6.85. The summed E-state index contributed by atoms with van der Waals surface area (Å²) in [5.74, 6) is 0. The van der Waals surface area contributed by atoms with Gasteiger partial charge >= 0.3 is 6.09 Å². The van der Waals surface area contributed by atoms with Crippen LogP contribution >= 0.6 is 11.6 Å². The van der Waals surface area contributed by atoms with Gasteiger partial charge in [-0.15, -0.1) is 0 Å². The van der Waals surface area contributed by atoms with E-state index in [4.69, 9.17) is 21.4 Å². The molecule has 0 radical (unpaired) electrons. The van der Waals surface area contributed by atoms with Crippen LogP contribution in [0.2, 0.25) is 5.02 Å². The van der Waals surface area contributed by atoms with Crippen LogP contribution in [0.4, 0.5) is 4.79 Å². The molecule has 0 aliphatic rings. The fraction of sp³-hybridized carbons (Fsp3) is 0.500. The summed E-state index contributed by atoms with van der Waals surface area (Å²) in [7, 11) is 0. The van der Waals surface area contributed by atoms with Gasteiger partial charge in [-0.1, -0.05) is 29.8 Å². The number of aliphatic hydroxyl groups is 1. The van der Waals surface area contributed by atoms with Crippen LogP contribution in [0.1, 0.15) is 38.8 Å². The first kappa shape index (κ1) is 15.8. The van der Waals surface area contributed by atoms with Crippen LogP contribution in [0.25, 0.3) is 0 Å². The Morgan fingerprint density at radius 3 is 2.58 bits per heavy atom. The van der Waals surface area contributed by atoms with E-state index in [1.807, 2.05) is 18.2 Å². The van der Waals surface area contributed by atoms with Crippen molar-refractivity contribution in [2.45, 2.75) is 38.8 Å². The SMILES string of the molecule is CC(C)(C)OC(=O)N[C@H](CCO)c1ccccc1Cl. The molecule has 0 saturated carbocycles. The zero-order valence-electron chi connectivity index (χ0n) is 11.4. The van der Waals surface area contributed by atoms with Gasteiger partial charge < -0.3 is 15.2 Å². The lowest BCUT2D eigenvalue weighted by Crippen LogP contribution is -2.35. The Morgan fingerprint density at radius 1 is 1.42 bits per heavy atom. The third-order valence-electron chi connectivity index (χ3n) is 2.39. The molecule has 0 bridgehead atoms. The summed E-state index contributed by atoms with van der Waals surface area (Å²) >= 11 is 6.10. The molecule has 106 valence electrons. The molecule has 0 saturated heterocycles. The molecular formula is C14H20ClNO3. The number of carbonyl (C=O) groups excluding carboxylic acids is 1. The summed E-state index contributed by atoms with van der Waals surface area (Å²) in [5.41, 5.74) is 0.206. The van der Waals surface area contributed by atoms with E-state index >= 15 is 0 Å². The normalized spacial score (nSPS) is 12.9. The zero-order chi connectivity index (χ0) is 14.5. The third-order valence-corrected chi connectivity index (χ3v) is 2.73. The van der Waals surface area contributed by atoms with E-state index in [1.165, 1.54) is 0 Å². The first-order chi connectivity index (χ1) is 8.83. The van der Waals surface area contributed by atoms with Crippen molar-refractivity contribution in [3.8, 4) is 0 Å². The molecular weight excluding hydrogens is 266 g/mol. The first-order valence-corrected chi connectivity index (χ1v) is 6.56. The minimum absolute atomic E-state index is 0.0499. The van der Waals surface area contributed by atoms with E-state index in [0.717, 1.165) is 5.56 Å². The fourth-order valence-corrected chi connectivity index (χ4v) is 1.91. The number of ether oxygens (including phenoxy) is 1. The standard InChI is InChI=1S/C14H20ClNO3/c1-14(2,3)19-13(18)16-12(8-9-17)10-6-4-5-7-11(10)15/h4-7,12,17H,8-9H2,1-3H3,(H,16,18)/t12-/m1/s1. The summed E-state index contributed by atoms with van der Waals surface area (Å²) in [6.07, 6.45) is -0.144. The average molecular weight is 286 g/mol. The highest BCUT2D eigenvalue weighted by atomic mass is 35.5. The lowest BCUT2D eigenvalue weighted by Gasteiger charge is -2.24. The van der Waals surface area contributed by atoms with E-state index < -0.39 is 11.7 Å². The fourth-order valence-electron chi connectivity index (χ4n) is 1.64. The van der Waals surface area contributed by atoms with Crippen LogP contribution in [0.5, 0.6) is 0 Å². The molecule has 1 atom stereocenters. The molecule has 1 aromatic carbocycles. The molecule has 0 spiro atoms. The quantitative estimate of drug-likeness (QED) is 0.892. The Balaban J connectivity index is 2.79. The van der Waals surface area contributed by atoms with E-state index in [1.54, 1.807) is 26.8 Å². The number of hydrogen-bond donors (Lipinski definition) is 2. The van der Waals surface area contributed by atoms with Gasteiger partial charge in [0.05, 0.1) is 6.04 Å². The lowest BCUT2D eigenvalue weighted by molar-refractivity contribution is 0.0496. The van der Waals surface area contributed by atoms with Crippen LogP contribution in [0.15, 0.2) is 24.3 Å². The Morgan fingerprint density at radius 2 is 2.05 bits per heavy atom. The van der Waals surface area contributed by atoms with Gasteiger partial charge in [-0.3, -0.25) is 0 Å². The lowest BCUT2D eigenvalue weighted by atomic mass is 10.0. The van der Waals surface area contributed by atoms with Crippen molar-refractivity contribution in [2.24, 2.45) is 0 Å². The number of carbonyl (C=O) groups is 1. The molecule has 5 heteroatoms. The number of halogens is 1. The van der Waals surface area contributed by atoms with Crippen molar-refractivity contribution in [2.75, 3.05) is 6.61 Å². The molecule has 1 rings (SSSR count). The molecule has 0 fully saturated rings. The van der Waals surface area contributed by atoms with Gasteiger partial charge in [-0.25, -0.2) is 4.79 Å². The number of nitrogens with one attached hydrogen (secondary N) is 1. The highest BCUT2D eigenvalue weighted by molar-refractivity contribution is 6.31. The predicted molar refractivity (Wildman–Crippen MR) is 75.3 cm³/mol. The van der Waals surface area contributed by atoms with Crippen LogP contribution in [0, 0.1) is 0 Å². The highest BCUT2D eigenvalue weighted by Crippen LogP contribution is 2.25. The van der Waals surface area contributed by atoms with Gasteiger partial charge in [-0.2, -0.15) is 0 Å². The highest BCUT2D eigenvalue weighted by Gasteiger charge is 2.21. The minimum atomic E-state index is -0.561. The molecule has 1 amide bonds. The molecule has 1 aromatic rings. The maximum Gasteiger partial charge on any atom is 0.408 e. The van der Waals surface area contributed by atoms with E-state index in [-0.39, 0.29) is 12.6 Å². The molecule has 2 N–H and O–H groups in total. The summed E-state index contributed by atoms with van der Waals surface area (Å²) < 4.78 is 5.20. The number of rotatable bonds is 4. The first-order valence-electron chi connectivity index (χ1n) is 6.18. The van der Waals surface area contributed by atoms with Crippen molar-refractivity contribution in [1.82, 2.24) is 5.32 Å². The zero-order valence-corrected chi connectivity index (χ0v) is 12.2. The second-order valence-corrected chi connectivity index (χ2v) is 5.64. The number of benzene rings is 1. The number of amides is 1. The number of alkyl carbamates (subject to hydrolysis) is 1. The molecule has 0 aliphatic carbocycles. The number of aliphatic hydroxyl groups excluding tert-OH is 1. The molecule has 0 unspecified atom stereocenters. The van der Waals surface area contributed by atoms with Crippen molar-refractivity contribution >= 4 is 17.7 Å². The third kappa shape index (κ3) is 5.49. The van der Waals surface area contributed by atoms with Gasteiger partial charge in [0.25, 0.3) is 0 Å². The van der Waals surface area contributed by atoms with Crippen molar-refractivity contribution < 1.29 is 14.6 Å². The molecule has 4 nitrogen and oxygen atoms in total. The van der Waals surface area contributed by atoms with E-state index in [2.05, 4.69) is 5.32 Å². The maximum atomic E-state index is 11.8. The Labute approximate surface area is 118 Å². The van der Waals surface area contributed by atoms with Crippen molar-refractivity contribution in [1.29, 1.82) is 0 Å². The second kappa shape index (κ2) is 6.78. The summed E-state index contributed by atoms with van der Waals surface area (Å²) in [6.45, 7) is 5.33. The molecule has 19 heavy (non-hydrogen) atoms. The Kier molecular flexibility index (Phi) is 5.63. The van der Waals surface area contributed by atoms with Crippen molar-refractivity contribution in [3.05, 3.63) is 34.9 Å². The minimum Gasteiger partial charge on any atom is -0.444 e. The van der Waals surface area contributed by atoms with Gasteiger partial charge in [0.15, 0.2) is 0 Å². The maximum absolute atomic E-state index is 11.8. The largest absolute Gasteiger partial charge is 0.444 e. The van der Waals surface area contributed by atoms with Crippen LogP contribution in [-0.2, 0) is 4.74 Å². The monoisotopic (exact) mass is 285 g/mol. The molecule has 0 aliphatic heterocycles. The Hall–Kier alpha value is -1.26. The van der Waals surface area contributed by atoms with Crippen LogP contribution in [-0.4, -0.2) is 23.4 Å². The van der Waals surface area contributed by atoms with Crippen molar-refractivity contribution in [3.63, 3.8) is 0 Å². The smallest absolute Gasteiger partial charge is 0.408 e. The molecule has 0 aromatic heterocycles. The summed E-state index contributed by atoms with van der Waals surface area (Å²) in [5, 5.41) is 12.4. The van der Waals surface area contributed by atoms with E-state index in [0.29, 0.717) is 11.4 Å².